The molecule has 0 amide bonds. The van der Waals surface area contributed by atoms with Crippen molar-refractivity contribution in [2.75, 3.05) is 36.9 Å². The van der Waals surface area contributed by atoms with Crippen LogP contribution in [0.4, 0.5) is 26.2 Å². The highest BCUT2D eigenvalue weighted by Crippen LogP contribution is 2.31. The van der Waals surface area contributed by atoms with Crippen LogP contribution in [-0.2, 0) is 11.3 Å². The summed E-state index contributed by atoms with van der Waals surface area (Å²) >= 11 is 0. The second kappa shape index (κ2) is 13.5. The minimum absolute atomic E-state index is 0.0391. The van der Waals surface area contributed by atoms with Gasteiger partial charge in [0.1, 0.15) is 6.10 Å². The van der Waals surface area contributed by atoms with Crippen LogP contribution in [-0.4, -0.2) is 64.3 Å². The van der Waals surface area contributed by atoms with Crippen LogP contribution in [0.25, 0.3) is 0 Å². The van der Waals surface area contributed by atoms with E-state index in [0.717, 1.165) is 51.5 Å². The van der Waals surface area contributed by atoms with E-state index in [1.165, 1.54) is 11.6 Å². The topological polar surface area (TPSA) is 83.6 Å². The molecule has 2 saturated heterocycles. The molecule has 3 aromatic rings. The third-order valence-corrected chi connectivity index (χ3v) is 7.95. The molecule has 0 aliphatic carbocycles. The van der Waals surface area contributed by atoms with Gasteiger partial charge in [0.2, 0.25) is 5.95 Å². The molecular formula is C33H44F2N6O2. The first kappa shape index (κ1) is 31.1. The SMILES string of the molecule is CC1(C)CC(Nc2nc(Nc3ccc(OC4CCN(CCOCc5ccccc5)CC4)c(F)c3)ncc2F)CC(C)(C)N1. The smallest absolute Gasteiger partial charge is 0.229 e. The Kier molecular flexibility index (Phi) is 9.78. The first-order chi connectivity index (χ1) is 20.5. The van der Waals surface area contributed by atoms with Crippen LogP contribution < -0.4 is 20.7 Å². The lowest BCUT2D eigenvalue weighted by molar-refractivity contribution is 0.0587. The lowest BCUT2D eigenvalue weighted by Gasteiger charge is -2.46. The van der Waals surface area contributed by atoms with E-state index in [0.29, 0.717) is 18.9 Å². The second-order valence-electron chi connectivity index (χ2n) is 13.0. The summed E-state index contributed by atoms with van der Waals surface area (Å²) in [6.07, 6.45) is 4.36. The molecule has 2 aliphatic heterocycles. The minimum atomic E-state index is -0.527. The number of piperidine rings is 2. The standard InChI is InChI=1S/C33H44F2N6O2/c1-32(2)19-25(20-33(3,4)40-32)37-30-28(35)21-36-31(39-30)38-24-10-11-29(27(34)18-24)43-26-12-14-41(15-13-26)16-17-42-22-23-8-6-5-7-9-23/h5-11,18,21,25-26,40H,12-17,19-20,22H2,1-4H3,(H2,36,37,38,39). The molecule has 2 fully saturated rings. The highest BCUT2D eigenvalue weighted by Gasteiger charge is 2.38. The van der Waals surface area contributed by atoms with Crippen molar-refractivity contribution in [2.45, 2.75) is 83.2 Å². The van der Waals surface area contributed by atoms with Gasteiger partial charge in [-0.3, -0.25) is 0 Å². The maximum Gasteiger partial charge on any atom is 0.229 e. The molecule has 43 heavy (non-hydrogen) atoms. The van der Waals surface area contributed by atoms with Gasteiger partial charge in [0.05, 0.1) is 19.4 Å². The zero-order valence-corrected chi connectivity index (χ0v) is 25.6. The Morgan fingerprint density at radius 3 is 2.40 bits per heavy atom. The summed E-state index contributed by atoms with van der Waals surface area (Å²) < 4.78 is 41.5. The van der Waals surface area contributed by atoms with Crippen molar-refractivity contribution in [1.82, 2.24) is 20.2 Å². The zero-order chi connectivity index (χ0) is 30.5. The molecule has 0 saturated carbocycles. The number of hydrogen-bond acceptors (Lipinski definition) is 8. The van der Waals surface area contributed by atoms with E-state index in [2.05, 4.69) is 70.6 Å². The summed E-state index contributed by atoms with van der Waals surface area (Å²) in [5.41, 5.74) is 1.43. The lowest BCUT2D eigenvalue weighted by atomic mass is 9.79. The zero-order valence-electron chi connectivity index (χ0n) is 25.6. The molecule has 5 rings (SSSR count). The van der Waals surface area contributed by atoms with Crippen molar-refractivity contribution < 1.29 is 18.3 Å². The van der Waals surface area contributed by atoms with E-state index in [9.17, 15) is 4.39 Å². The molecule has 0 unspecified atom stereocenters. The van der Waals surface area contributed by atoms with Crippen molar-refractivity contribution in [3.8, 4) is 5.75 Å². The normalized spacial score (nSPS) is 19.2. The molecule has 0 radical (unpaired) electrons. The maximum atomic E-state index is 15.0. The summed E-state index contributed by atoms with van der Waals surface area (Å²) in [6.45, 7) is 12.5. The Bertz CT molecular complexity index is 1330. The van der Waals surface area contributed by atoms with E-state index < -0.39 is 11.6 Å². The molecule has 3 heterocycles. The molecular weight excluding hydrogens is 550 g/mol. The van der Waals surface area contributed by atoms with Crippen LogP contribution in [0.3, 0.4) is 0 Å². The predicted octanol–water partition coefficient (Wildman–Crippen LogP) is 6.28. The Labute approximate surface area is 253 Å². The highest BCUT2D eigenvalue weighted by atomic mass is 19.1. The van der Waals surface area contributed by atoms with E-state index in [4.69, 9.17) is 9.47 Å². The Morgan fingerprint density at radius 2 is 1.70 bits per heavy atom. The van der Waals surface area contributed by atoms with E-state index >= 15 is 4.39 Å². The number of nitrogens with one attached hydrogen (secondary N) is 3. The molecule has 10 heteroatoms. The Hall–Kier alpha value is -3.34. The fourth-order valence-corrected chi connectivity index (χ4v) is 6.34. The van der Waals surface area contributed by atoms with Crippen LogP contribution in [0, 0.1) is 11.6 Å². The van der Waals surface area contributed by atoms with Gasteiger partial charge in [-0.1, -0.05) is 30.3 Å². The van der Waals surface area contributed by atoms with E-state index in [1.54, 1.807) is 12.1 Å². The van der Waals surface area contributed by atoms with Crippen LogP contribution in [0.1, 0.15) is 58.9 Å². The summed E-state index contributed by atoms with van der Waals surface area (Å²) in [5.74, 6) is -0.467. The van der Waals surface area contributed by atoms with Crippen molar-refractivity contribution >= 4 is 17.5 Å². The van der Waals surface area contributed by atoms with E-state index in [-0.39, 0.29) is 40.7 Å². The molecule has 8 nitrogen and oxygen atoms in total. The van der Waals surface area contributed by atoms with Gasteiger partial charge in [-0.15, -0.1) is 0 Å². The number of likely N-dealkylation sites (tertiary alicyclic amines) is 1. The summed E-state index contributed by atoms with van der Waals surface area (Å²) in [7, 11) is 0. The molecule has 0 spiro atoms. The van der Waals surface area contributed by atoms with Crippen LogP contribution >= 0.6 is 0 Å². The number of rotatable bonds is 11. The molecule has 3 N–H and O–H groups in total. The minimum Gasteiger partial charge on any atom is -0.487 e. The van der Waals surface area contributed by atoms with Gasteiger partial charge in [0.15, 0.2) is 23.2 Å². The third-order valence-electron chi connectivity index (χ3n) is 7.95. The number of hydrogen-bond donors (Lipinski definition) is 3. The monoisotopic (exact) mass is 594 g/mol. The van der Waals surface area contributed by atoms with Gasteiger partial charge in [-0.25, -0.2) is 13.8 Å². The largest absolute Gasteiger partial charge is 0.487 e. The van der Waals surface area contributed by atoms with Crippen LogP contribution in [0.2, 0.25) is 0 Å². The average molecular weight is 595 g/mol. The number of ether oxygens (including phenoxy) is 2. The fraction of sp³-hybridized carbons (Fsp3) is 0.515. The van der Waals surface area contributed by atoms with E-state index in [1.807, 2.05) is 18.2 Å². The van der Waals surface area contributed by atoms with Gasteiger partial charge < -0.3 is 30.3 Å². The first-order valence-electron chi connectivity index (χ1n) is 15.2. The summed E-state index contributed by atoms with van der Waals surface area (Å²) in [5, 5.41) is 9.89. The predicted molar refractivity (Wildman–Crippen MR) is 166 cm³/mol. The second-order valence-corrected chi connectivity index (χ2v) is 13.0. The third kappa shape index (κ3) is 9.08. The van der Waals surface area contributed by atoms with Gasteiger partial charge in [-0.05, 0) is 71.1 Å². The van der Waals surface area contributed by atoms with Gasteiger partial charge in [0.25, 0.3) is 0 Å². The summed E-state index contributed by atoms with van der Waals surface area (Å²) in [4.78, 5) is 10.8. The lowest BCUT2D eigenvalue weighted by Crippen LogP contribution is -2.60. The Morgan fingerprint density at radius 1 is 0.977 bits per heavy atom. The molecule has 0 atom stereocenters. The number of halogens is 2. The van der Waals surface area contributed by atoms with Gasteiger partial charge in [0, 0.05) is 48.5 Å². The maximum absolute atomic E-state index is 15.0. The van der Waals surface area contributed by atoms with Gasteiger partial charge >= 0.3 is 0 Å². The van der Waals surface area contributed by atoms with Crippen molar-refractivity contribution in [1.29, 1.82) is 0 Å². The number of benzene rings is 2. The fourth-order valence-electron chi connectivity index (χ4n) is 6.34. The average Bonchev–Trinajstić information content (AvgIpc) is 2.94. The molecule has 1 aromatic heterocycles. The first-order valence-corrected chi connectivity index (χ1v) is 15.2. The Balaban J connectivity index is 1.09. The quantitative estimate of drug-likeness (QED) is 0.224. The molecule has 232 valence electrons. The van der Waals surface area contributed by atoms with Crippen LogP contribution in [0.15, 0.2) is 54.7 Å². The van der Waals surface area contributed by atoms with Crippen molar-refractivity contribution in [2.24, 2.45) is 0 Å². The molecule has 2 aliphatic rings. The number of nitrogens with zero attached hydrogens (tertiary/aromatic N) is 3. The number of aromatic nitrogens is 2. The molecule has 2 aromatic carbocycles. The van der Waals surface area contributed by atoms with Crippen molar-refractivity contribution in [3.05, 3.63) is 71.9 Å². The summed E-state index contributed by atoms with van der Waals surface area (Å²) in [6, 6.07) is 14.9. The molecule has 0 bridgehead atoms. The van der Waals surface area contributed by atoms with Gasteiger partial charge in [-0.2, -0.15) is 4.98 Å². The van der Waals surface area contributed by atoms with Crippen molar-refractivity contribution in [3.63, 3.8) is 0 Å². The highest BCUT2D eigenvalue weighted by molar-refractivity contribution is 5.56. The van der Waals surface area contributed by atoms with Crippen LogP contribution in [0.5, 0.6) is 5.75 Å². The number of anilines is 3.